The van der Waals surface area contributed by atoms with Gasteiger partial charge in [-0.2, -0.15) is 0 Å². The molecule has 1 rings (SSSR count). The third kappa shape index (κ3) is 3.87. The highest BCUT2D eigenvalue weighted by Crippen LogP contribution is 2.17. The first-order chi connectivity index (χ1) is 8.99. The van der Waals surface area contributed by atoms with E-state index in [0.29, 0.717) is 0 Å². The molecule has 0 heterocycles. The summed E-state index contributed by atoms with van der Waals surface area (Å²) in [5.41, 5.74) is -0.265. The summed E-state index contributed by atoms with van der Waals surface area (Å²) in [4.78, 5) is 34.0. The fourth-order valence-corrected chi connectivity index (χ4v) is 1.37. The van der Waals surface area contributed by atoms with E-state index in [1.807, 2.05) is 0 Å². The first-order valence-electron chi connectivity index (χ1n) is 5.56. The summed E-state index contributed by atoms with van der Waals surface area (Å²) in [6.07, 6.45) is -0.720. The second-order valence-electron chi connectivity index (χ2n) is 3.59. The van der Waals surface area contributed by atoms with E-state index >= 15 is 0 Å². The molecule has 0 saturated carbocycles. The number of halogens is 1. The van der Waals surface area contributed by atoms with Crippen molar-refractivity contribution in [3.05, 3.63) is 29.6 Å². The highest BCUT2D eigenvalue weighted by atomic mass is 19.1. The van der Waals surface area contributed by atoms with Crippen LogP contribution in [-0.4, -0.2) is 31.3 Å². The van der Waals surface area contributed by atoms with E-state index in [1.165, 1.54) is 26.2 Å². The van der Waals surface area contributed by atoms with Crippen molar-refractivity contribution in [1.29, 1.82) is 0 Å². The molecule has 6 heteroatoms. The molecule has 1 aromatic carbocycles. The average Bonchev–Trinajstić information content (AvgIpc) is 2.38. The van der Waals surface area contributed by atoms with Crippen LogP contribution >= 0.6 is 0 Å². The van der Waals surface area contributed by atoms with Gasteiger partial charge in [-0.05, 0) is 19.1 Å². The highest BCUT2D eigenvalue weighted by Gasteiger charge is 2.22. The third-order valence-corrected chi connectivity index (χ3v) is 2.30. The monoisotopic (exact) mass is 268 g/mol. The van der Waals surface area contributed by atoms with Crippen LogP contribution in [0.25, 0.3) is 0 Å². The SMILES string of the molecule is CCOC(=O)C(=O)CC(=O)c1ccc(OC)cc1F. The van der Waals surface area contributed by atoms with Gasteiger partial charge < -0.3 is 9.47 Å². The van der Waals surface area contributed by atoms with E-state index < -0.39 is 29.8 Å². The van der Waals surface area contributed by atoms with Crippen molar-refractivity contribution in [3.8, 4) is 5.75 Å². The lowest BCUT2D eigenvalue weighted by atomic mass is 10.1. The van der Waals surface area contributed by atoms with Crippen LogP contribution in [0.2, 0.25) is 0 Å². The van der Waals surface area contributed by atoms with Crippen LogP contribution in [0.3, 0.4) is 0 Å². The van der Waals surface area contributed by atoms with E-state index in [-0.39, 0.29) is 17.9 Å². The first-order valence-corrected chi connectivity index (χ1v) is 5.56. The minimum absolute atomic E-state index is 0.0374. The molecular formula is C13H13FO5. The minimum Gasteiger partial charge on any atom is -0.497 e. The number of benzene rings is 1. The van der Waals surface area contributed by atoms with Crippen LogP contribution in [0.15, 0.2) is 18.2 Å². The van der Waals surface area contributed by atoms with Crippen molar-refractivity contribution in [2.75, 3.05) is 13.7 Å². The molecule has 5 nitrogen and oxygen atoms in total. The number of ketones is 2. The molecule has 0 bridgehead atoms. The van der Waals surface area contributed by atoms with E-state index in [4.69, 9.17) is 4.74 Å². The normalized spacial score (nSPS) is 9.84. The summed E-state index contributed by atoms with van der Waals surface area (Å²) in [5.74, 6) is -3.42. The Morgan fingerprint density at radius 2 is 1.95 bits per heavy atom. The maximum atomic E-state index is 13.6. The molecule has 1 aromatic rings. The van der Waals surface area contributed by atoms with Crippen molar-refractivity contribution in [3.63, 3.8) is 0 Å². The predicted molar refractivity (Wildman–Crippen MR) is 63.5 cm³/mol. The molecule has 0 amide bonds. The summed E-state index contributed by atoms with van der Waals surface area (Å²) >= 11 is 0. The summed E-state index contributed by atoms with van der Waals surface area (Å²) in [5, 5.41) is 0. The van der Waals surface area contributed by atoms with Crippen LogP contribution in [0, 0.1) is 5.82 Å². The minimum atomic E-state index is -1.09. The molecule has 0 unspecified atom stereocenters. The maximum absolute atomic E-state index is 13.6. The Labute approximate surface area is 109 Å². The van der Waals surface area contributed by atoms with E-state index in [0.717, 1.165) is 6.07 Å². The zero-order chi connectivity index (χ0) is 14.4. The molecule has 0 saturated heterocycles. The van der Waals surface area contributed by atoms with Crippen molar-refractivity contribution in [2.24, 2.45) is 0 Å². The number of Topliss-reactive ketones (excluding diaryl/α,β-unsaturated/α-hetero) is 2. The number of carbonyl (C=O) groups is 3. The molecule has 0 spiro atoms. The number of hydrogen-bond acceptors (Lipinski definition) is 5. The lowest BCUT2D eigenvalue weighted by Crippen LogP contribution is -2.21. The van der Waals surface area contributed by atoms with Gasteiger partial charge in [0.05, 0.1) is 25.7 Å². The van der Waals surface area contributed by atoms with Gasteiger partial charge in [0.1, 0.15) is 11.6 Å². The van der Waals surface area contributed by atoms with Gasteiger partial charge in [0, 0.05) is 6.07 Å². The number of ether oxygens (including phenoxy) is 2. The first kappa shape index (κ1) is 14.8. The predicted octanol–water partition coefficient (Wildman–Crippen LogP) is 1.54. The Morgan fingerprint density at radius 1 is 1.26 bits per heavy atom. The summed E-state index contributed by atoms with van der Waals surface area (Å²) in [6.45, 7) is 1.58. The number of carbonyl (C=O) groups excluding carboxylic acids is 3. The maximum Gasteiger partial charge on any atom is 0.375 e. The van der Waals surface area contributed by atoms with Crippen LogP contribution in [0.4, 0.5) is 4.39 Å². The van der Waals surface area contributed by atoms with Gasteiger partial charge in [0.2, 0.25) is 5.78 Å². The van der Waals surface area contributed by atoms with Gasteiger partial charge in [-0.25, -0.2) is 9.18 Å². The van der Waals surface area contributed by atoms with Crippen molar-refractivity contribution in [2.45, 2.75) is 13.3 Å². The summed E-state index contributed by atoms with van der Waals surface area (Å²) in [6, 6.07) is 3.63. The Kier molecular flexibility index (Phi) is 5.17. The van der Waals surface area contributed by atoms with Crippen LogP contribution in [0.5, 0.6) is 5.75 Å². The molecule has 0 atom stereocenters. The summed E-state index contributed by atoms with van der Waals surface area (Å²) in [7, 11) is 1.36. The Bertz CT molecular complexity index is 510. The lowest BCUT2D eigenvalue weighted by Gasteiger charge is -2.04. The topological polar surface area (TPSA) is 69.7 Å². The van der Waals surface area contributed by atoms with Gasteiger partial charge in [-0.1, -0.05) is 0 Å². The second kappa shape index (κ2) is 6.63. The average molecular weight is 268 g/mol. The summed E-state index contributed by atoms with van der Waals surface area (Å²) < 4.78 is 22.8. The standard InChI is InChI=1S/C13H13FO5/c1-3-19-13(17)12(16)7-11(15)9-5-4-8(18-2)6-10(9)14/h4-6H,3,7H2,1-2H3. The number of methoxy groups -OCH3 is 1. The molecular weight excluding hydrogens is 255 g/mol. The molecule has 0 fully saturated rings. The molecule has 19 heavy (non-hydrogen) atoms. The van der Waals surface area contributed by atoms with Gasteiger partial charge in [0.15, 0.2) is 5.78 Å². The fourth-order valence-electron chi connectivity index (χ4n) is 1.37. The number of hydrogen-bond donors (Lipinski definition) is 0. The fraction of sp³-hybridized carbons (Fsp3) is 0.308. The van der Waals surface area contributed by atoms with E-state index in [2.05, 4.69) is 4.74 Å². The van der Waals surface area contributed by atoms with Gasteiger partial charge in [-0.3, -0.25) is 9.59 Å². The highest BCUT2D eigenvalue weighted by molar-refractivity contribution is 6.38. The largest absolute Gasteiger partial charge is 0.497 e. The zero-order valence-electron chi connectivity index (χ0n) is 10.6. The van der Waals surface area contributed by atoms with Gasteiger partial charge in [0.25, 0.3) is 0 Å². The second-order valence-corrected chi connectivity index (χ2v) is 3.59. The molecule has 0 radical (unpaired) electrons. The number of rotatable bonds is 6. The third-order valence-electron chi connectivity index (χ3n) is 2.30. The Balaban J connectivity index is 2.79. The zero-order valence-corrected chi connectivity index (χ0v) is 10.6. The molecule has 0 N–H and O–H groups in total. The van der Waals surface area contributed by atoms with Crippen LogP contribution < -0.4 is 4.74 Å². The molecule has 102 valence electrons. The van der Waals surface area contributed by atoms with Crippen molar-refractivity contribution < 1.29 is 28.2 Å². The van der Waals surface area contributed by atoms with Gasteiger partial charge in [-0.15, -0.1) is 0 Å². The smallest absolute Gasteiger partial charge is 0.375 e. The van der Waals surface area contributed by atoms with Crippen LogP contribution in [0.1, 0.15) is 23.7 Å². The number of esters is 1. The quantitative estimate of drug-likeness (QED) is 0.339. The Hall–Kier alpha value is -2.24. The molecule has 0 aromatic heterocycles. The van der Waals surface area contributed by atoms with Crippen LogP contribution in [-0.2, 0) is 14.3 Å². The van der Waals surface area contributed by atoms with Crippen molar-refractivity contribution >= 4 is 17.5 Å². The Morgan fingerprint density at radius 3 is 2.47 bits per heavy atom. The molecule has 0 aliphatic carbocycles. The van der Waals surface area contributed by atoms with E-state index in [9.17, 15) is 18.8 Å². The van der Waals surface area contributed by atoms with E-state index in [1.54, 1.807) is 0 Å². The van der Waals surface area contributed by atoms with Gasteiger partial charge >= 0.3 is 5.97 Å². The van der Waals surface area contributed by atoms with Crippen molar-refractivity contribution in [1.82, 2.24) is 0 Å². The molecule has 0 aliphatic heterocycles. The lowest BCUT2D eigenvalue weighted by molar-refractivity contribution is -0.153. The molecule has 0 aliphatic rings.